The van der Waals surface area contributed by atoms with Gasteiger partial charge in [0.1, 0.15) is 49.0 Å². The van der Waals surface area contributed by atoms with Gasteiger partial charge in [-0.2, -0.15) is 10.5 Å². The first-order chi connectivity index (χ1) is 30.0. The molecule has 5 rings (SSSR count). The molecule has 16 nitrogen and oxygen atoms in total. The zero-order chi connectivity index (χ0) is 44.6. The van der Waals surface area contributed by atoms with Crippen LogP contribution >= 0.6 is 8.53 Å². The van der Waals surface area contributed by atoms with Crippen molar-refractivity contribution in [1.29, 1.82) is 10.5 Å². The first-order valence-corrected chi connectivity index (χ1v) is 21.5. The van der Waals surface area contributed by atoms with Crippen LogP contribution in [0.3, 0.4) is 0 Å². The summed E-state index contributed by atoms with van der Waals surface area (Å²) in [5, 5.41) is 18.5. The molecule has 1 N–H and O–H groups in total. The Hall–Kier alpha value is -4.97. The highest BCUT2D eigenvalue weighted by atomic mass is 31.2. The molecule has 1 aliphatic heterocycles. The number of aromatic amines is 1. The van der Waals surface area contributed by atoms with Gasteiger partial charge in [0.15, 0.2) is 6.23 Å². The largest absolute Gasteiger partial charge is 0.497 e. The van der Waals surface area contributed by atoms with Crippen LogP contribution in [0.15, 0.2) is 101 Å². The van der Waals surface area contributed by atoms with Gasteiger partial charge in [0.05, 0.1) is 58.5 Å². The Morgan fingerprint density at radius 1 is 0.823 bits per heavy atom. The Morgan fingerprint density at radius 3 is 1.98 bits per heavy atom. The maximum absolute atomic E-state index is 13.5. The molecule has 0 saturated carbocycles. The molecule has 0 radical (unpaired) electrons. The van der Waals surface area contributed by atoms with Crippen molar-refractivity contribution < 1.29 is 42.2 Å². The normalized spacial score (nSPS) is 18.7. The summed E-state index contributed by atoms with van der Waals surface area (Å²) in [6, 6.07) is 30.3. The highest BCUT2D eigenvalue weighted by Gasteiger charge is 2.51. The first-order valence-electron chi connectivity index (χ1n) is 20.4. The minimum Gasteiger partial charge on any atom is -0.497 e. The molecule has 17 heteroatoms. The molecule has 0 amide bonds. The molecule has 62 heavy (non-hydrogen) atoms. The van der Waals surface area contributed by atoms with E-state index < -0.39 is 49.9 Å². The second-order valence-corrected chi connectivity index (χ2v) is 16.3. The molecule has 332 valence electrons. The smallest absolute Gasteiger partial charge is 0.330 e. The minimum atomic E-state index is -1.90. The quantitative estimate of drug-likeness (QED) is 0.0337. The highest BCUT2D eigenvalue weighted by Crippen LogP contribution is 2.51. The monoisotopic (exact) mass is 873 g/mol. The summed E-state index contributed by atoms with van der Waals surface area (Å²) < 4.78 is 59.7. The van der Waals surface area contributed by atoms with E-state index in [4.69, 9.17) is 47.5 Å². The van der Waals surface area contributed by atoms with E-state index in [1.165, 1.54) is 16.8 Å². The number of ether oxygens (including phenoxy) is 7. The summed E-state index contributed by atoms with van der Waals surface area (Å²) in [5.41, 5.74) is -0.227. The van der Waals surface area contributed by atoms with Gasteiger partial charge >= 0.3 is 5.69 Å². The molecule has 4 aromatic rings. The van der Waals surface area contributed by atoms with Crippen molar-refractivity contribution in [2.75, 3.05) is 41.0 Å². The lowest BCUT2D eigenvalue weighted by Crippen LogP contribution is -2.43. The fraction of sp³-hybridized carbons (Fsp3) is 0.467. The second kappa shape index (κ2) is 23.5. The SMILES string of the molecule is COc1ccc(C(OC[C@H]2O[C@@H](n3ccc(=O)[nH]c3=O)[C@H](OCOCOC(C)CC#N)[C@@H]2OP(OCCC#N)N(C(C)C)C(C)C)(c2ccccc2)c2ccc(OC)cc2)cc1. The fourth-order valence-electron chi connectivity index (χ4n) is 7.19. The van der Waals surface area contributed by atoms with Gasteiger partial charge in [-0.15, -0.1) is 0 Å². The Labute approximate surface area is 363 Å². The number of nitrogens with one attached hydrogen (secondary N) is 1. The third-order valence-electron chi connectivity index (χ3n) is 10.1. The predicted octanol–water partition coefficient (Wildman–Crippen LogP) is 6.76. The number of nitrogens with zero attached hydrogens (tertiary/aromatic N) is 4. The van der Waals surface area contributed by atoms with E-state index in [1.54, 1.807) is 21.1 Å². The Balaban J connectivity index is 1.65. The third kappa shape index (κ3) is 11.9. The predicted molar refractivity (Wildman–Crippen MR) is 230 cm³/mol. The van der Waals surface area contributed by atoms with E-state index in [0.29, 0.717) is 11.5 Å². The van der Waals surface area contributed by atoms with Gasteiger partial charge in [-0.3, -0.25) is 14.3 Å². The molecular weight excluding hydrogens is 817 g/mol. The summed E-state index contributed by atoms with van der Waals surface area (Å²) >= 11 is 0. The number of aromatic nitrogens is 2. The molecule has 2 unspecified atom stereocenters. The molecule has 1 aromatic heterocycles. The number of methoxy groups -OCH3 is 2. The van der Waals surface area contributed by atoms with Crippen molar-refractivity contribution in [2.24, 2.45) is 0 Å². The molecule has 3 aromatic carbocycles. The molecule has 0 aliphatic carbocycles. The maximum Gasteiger partial charge on any atom is 0.330 e. The lowest BCUT2D eigenvalue weighted by atomic mass is 9.80. The first kappa shape index (κ1) is 48.1. The van der Waals surface area contributed by atoms with Crippen LogP contribution in [0.5, 0.6) is 11.5 Å². The van der Waals surface area contributed by atoms with Gasteiger partial charge in [0, 0.05) is 24.3 Å². The Morgan fingerprint density at radius 2 is 1.44 bits per heavy atom. The van der Waals surface area contributed by atoms with Crippen LogP contribution in [0, 0.1) is 22.7 Å². The summed E-state index contributed by atoms with van der Waals surface area (Å²) in [4.78, 5) is 28.1. The van der Waals surface area contributed by atoms with Crippen LogP contribution in [-0.4, -0.2) is 91.7 Å². The molecule has 6 atom stereocenters. The fourth-order valence-corrected chi connectivity index (χ4v) is 8.96. The lowest BCUT2D eigenvalue weighted by Gasteiger charge is -2.39. The zero-order valence-electron chi connectivity index (χ0n) is 36.2. The van der Waals surface area contributed by atoms with Crippen LogP contribution in [0.1, 0.15) is 70.4 Å². The number of rotatable bonds is 24. The number of H-pyrrole nitrogens is 1. The topological polar surface area (TPSA) is 189 Å². The van der Waals surface area contributed by atoms with E-state index >= 15 is 0 Å². The van der Waals surface area contributed by atoms with E-state index in [9.17, 15) is 14.9 Å². The van der Waals surface area contributed by atoms with Crippen LogP contribution in [0.4, 0.5) is 0 Å². The Kier molecular flexibility index (Phi) is 18.2. The van der Waals surface area contributed by atoms with Crippen LogP contribution in [-0.2, 0) is 38.3 Å². The molecular formula is C45H56N5O11P. The molecule has 1 saturated heterocycles. The van der Waals surface area contributed by atoms with Crippen molar-refractivity contribution in [2.45, 2.75) is 95.8 Å². The van der Waals surface area contributed by atoms with Crippen molar-refractivity contribution in [3.63, 3.8) is 0 Å². The number of nitriles is 2. The van der Waals surface area contributed by atoms with E-state index in [0.717, 1.165) is 16.7 Å². The van der Waals surface area contributed by atoms with Crippen molar-refractivity contribution in [3.05, 3.63) is 129 Å². The third-order valence-corrected chi connectivity index (χ3v) is 12.2. The molecule has 0 bridgehead atoms. The summed E-state index contributed by atoms with van der Waals surface area (Å²) in [5.74, 6) is 1.31. The van der Waals surface area contributed by atoms with Crippen LogP contribution < -0.4 is 20.7 Å². The van der Waals surface area contributed by atoms with E-state index in [1.807, 2.05) is 107 Å². The highest BCUT2D eigenvalue weighted by molar-refractivity contribution is 7.44. The molecule has 0 spiro atoms. The summed E-state index contributed by atoms with van der Waals surface area (Å²) in [6.07, 6.45) is -2.96. The van der Waals surface area contributed by atoms with Crippen molar-refractivity contribution in [3.8, 4) is 23.6 Å². The van der Waals surface area contributed by atoms with Crippen molar-refractivity contribution >= 4 is 8.53 Å². The second-order valence-electron chi connectivity index (χ2n) is 14.9. The summed E-state index contributed by atoms with van der Waals surface area (Å²) in [6.45, 7) is 9.29. The molecule has 2 heterocycles. The van der Waals surface area contributed by atoms with Gasteiger partial charge in [-0.05, 0) is 75.6 Å². The number of benzene rings is 3. The van der Waals surface area contributed by atoms with Gasteiger partial charge in [-0.1, -0.05) is 54.6 Å². The number of hydrogen-bond donors (Lipinski definition) is 1. The van der Waals surface area contributed by atoms with E-state index in [-0.39, 0.29) is 57.8 Å². The lowest BCUT2D eigenvalue weighted by molar-refractivity contribution is -0.182. The number of hydrogen-bond acceptors (Lipinski definition) is 14. The Bertz CT molecular complexity index is 2120. The van der Waals surface area contributed by atoms with Gasteiger partial charge in [-0.25, -0.2) is 9.46 Å². The maximum atomic E-state index is 13.5. The van der Waals surface area contributed by atoms with Gasteiger partial charge < -0.3 is 42.2 Å². The minimum absolute atomic E-state index is 0.0519. The average molecular weight is 874 g/mol. The zero-order valence-corrected chi connectivity index (χ0v) is 37.1. The van der Waals surface area contributed by atoms with E-state index in [2.05, 4.69) is 21.8 Å². The average Bonchev–Trinajstić information content (AvgIpc) is 3.60. The van der Waals surface area contributed by atoms with Crippen molar-refractivity contribution in [1.82, 2.24) is 14.2 Å². The van der Waals surface area contributed by atoms with Crippen LogP contribution in [0.2, 0.25) is 0 Å². The molecule has 1 fully saturated rings. The standard InChI is InChI=1S/C45H56N5O11P/c1-31(2)50(32(3)4)62(59-27-11-24-46)61-41-39(60-43(49-26-23-40(51)48-44(49)52)42(41)57-30-55-29-56-33(5)22-25-47)28-58-45(34-12-9-8-10-13-34,35-14-18-37(53-6)19-15-35)36-16-20-38(54-7)21-17-36/h8-10,12-21,23,26,31-33,39,41-43H,11,22,27-30H2,1-7H3,(H,48,51,52)/t33?,39-,41-,42-,43-,62?/m1/s1. The van der Waals surface area contributed by atoms with Gasteiger partial charge in [0.2, 0.25) is 0 Å². The molecule has 1 aliphatic rings. The van der Waals surface area contributed by atoms with Crippen LogP contribution in [0.25, 0.3) is 0 Å². The van der Waals surface area contributed by atoms with Gasteiger partial charge in [0.25, 0.3) is 14.1 Å². The summed E-state index contributed by atoms with van der Waals surface area (Å²) in [7, 11) is 1.31.